The van der Waals surface area contributed by atoms with Crippen molar-refractivity contribution in [1.82, 2.24) is 15.1 Å². The molecule has 144 valence electrons. The van der Waals surface area contributed by atoms with Gasteiger partial charge in [0.1, 0.15) is 18.1 Å². The van der Waals surface area contributed by atoms with Crippen LogP contribution in [0.1, 0.15) is 5.56 Å². The lowest BCUT2D eigenvalue weighted by molar-refractivity contribution is -0.121. The maximum Gasteiger partial charge on any atom is 0.267 e. The smallest absolute Gasteiger partial charge is 0.267 e. The normalized spacial score (nSPS) is 10.5. The molecule has 0 aliphatic rings. The molecule has 28 heavy (non-hydrogen) atoms. The van der Waals surface area contributed by atoms with Crippen molar-refractivity contribution in [3.8, 4) is 17.0 Å². The Balaban J connectivity index is 1.70. The van der Waals surface area contributed by atoms with Gasteiger partial charge in [-0.05, 0) is 30.2 Å². The van der Waals surface area contributed by atoms with Gasteiger partial charge >= 0.3 is 0 Å². The largest absolute Gasteiger partial charge is 0.496 e. The maximum atomic E-state index is 13.4. The minimum absolute atomic E-state index is 0.203. The predicted octanol–water partition coefficient (Wildman–Crippen LogP) is 2.42. The summed E-state index contributed by atoms with van der Waals surface area (Å²) in [5.74, 6) is -0.453. The molecule has 0 radical (unpaired) electrons. The number of rotatable bonds is 7. The van der Waals surface area contributed by atoms with Gasteiger partial charge in [0, 0.05) is 24.2 Å². The molecule has 6 nitrogen and oxygen atoms in total. The number of nitrogens with zero attached hydrogens (tertiary/aromatic N) is 2. The van der Waals surface area contributed by atoms with Crippen molar-refractivity contribution in [2.75, 3.05) is 13.7 Å². The van der Waals surface area contributed by atoms with Crippen molar-refractivity contribution in [1.29, 1.82) is 0 Å². The molecule has 3 aromatic rings. The van der Waals surface area contributed by atoms with Gasteiger partial charge < -0.3 is 10.1 Å². The van der Waals surface area contributed by atoms with Gasteiger partial charge in [0.15, 0.2) is 0 Å². The standard InChI is InChI=1S/C21H20FN3O3/c1-28-19-13-16(22)7-8-17(19)18-9-10-21(27)25(24-18)14-20(26)23-12-11-15-5-3-2-4-6-15/h2-10,13H,11-12,14H2,1H3,(H,23,26). The minimum Gasteiger partial charge on any atom is -0.496 e. The molecule has 1 heterocycles. The molecule has 0 aliphatic heterocycles. The van der Waals surface area contributed by atoms with E-state index in [1.165, 1.54) is 37.4 Å². The highest BCUT2D eigenvalue weighted by molar-refractivity contribution is 5.75. The number of carbonyl (C=O) groups excluding carboxylic acids is 1. The van der Waals surface area contributed by atoms with Crippen LogP contribution >= 0.6 is 0 Å². The van der Waals surface area contributed by atoms with Crippen molar-refractivity contribution in [2.45, 2.75) is 13.0 Å². The summed E-state index contributed by atoms with van der Waals surface area (Å²) < 4.78 is 19.7. The quantitative estimate of drug-likeness (QED) is 0.682. The van der Waals surface area contributed by atoms with Crippen LogP contribution in [-0.2, 0) is 17.8 Å². The fraction of sp³-hybridized carbons (Fsp3) is 0.190. The van der Waals surface area contributed by atoms with Gasteiger partial charge in [-0.3, -0.25) is 9.59 Å². The zero-order valence-electron chi connectivity index (χ0n) is 15.4. The molecule has 0 unspecified atom stereocenters. The summed E-state index contributed by atoms with van der Waals surface area (Å²) in [6, 6.07) is 16.7. The van der Waals surface area contributed by atoms with Crippen molar-refractivity contribution in [3.63, 3.8) is 0 Å². The van der Waals surface area contributed by atoms with E-state index in [2.05, 4.69) is 10.4 Å². The highest BCUT2D eigenvalue weighted by Gasteiger charge is 2.12. The van der Waals surface area contributed by atoms with E-state index in [0.29, 0.717) is 30.0 Å². The number of methoxy groups -OCH3 is 1. The lowest BCUT2D eigenvalue weighted by atomic mass is 10.1. The molecule has 0 spiro atoms. The number of hydrogen-bond donors (Lipinski definition) is 1. The Morgan fingerprint density at radius 1 is 1.14 bits per heavy atom. The summed E-state index contributed by atoms with van der Waals surface area (Å²) in [6.45, 7) is 0.258. The first kappa shape index (κ1) is 19.3. The van der Waals surface area contributed by atoms with Crippen molar-refractivity contribution >= 4 is 5.91 Å². The number of ether oxygens (including phenoxy) is 1. The molecule has 0 fully saturated rings. The fourth-order valence-corrected chi connectivity index (χ4v) is 2.77. The van der Waals surface area contributed by atoms with E-state index in [4.69, 9.17) is 4.74 Å². The second kappa shape index (κ2) is 8.94. The summed E-state index contributed by atoms with van der Waals surface area (Å²) in [5.41, 5.74) is 1.65. The molecule has 7 heteroatoms. The SMILES string of the molecule is COc1cc(F)ccc1-c1ccc(=O)n(CC(=O)NCCc2ccccc2)n1. The van der Waals surface area contributed by atoms with Gasteiger partial charge in [-0.25, -0.2) is 9.07 Å². The van der Waals surface area contributed by atoms with Crippen molar-refractivity contribution < 1.29 is 13.9 Å². The van der Waals surface area contributed by atoms with E-state index in [-0.39, 0.29) is 12.5 Å². The van der Waals surface area contributed by atoms with E-state index in [1.54, 1.807) is 0 Å². The number of benzene rings is 2. The number of carbonyl (C=O) groups is 1. The third kappa shape index (κ3) is 4.82. The Labute approximate surface area is 161 Å². The third-order valence-corrected chi connectivity index (χ3v) is 4.18. The second-order valence-electron chi connectivity index (χ2n) is 6.14. The van der Waals surface area contributed by atoms with Crippen LogP contribution in [0.4, 0.5) is 4.39 Å². The van der Waals surface area contributed by atoms with Gasteiger partial charge in [0.2, 0.25) is 5.91 Å². The van der Waals surface area contributed by atoms with Crippen LogP contribution in [0.5, 0.6) is 5.75 Å². The Kier molecular flexibility index (Phi) is 6.16. The van der Waals surface area contributed by atoms with E-state index in [9.17, 15) is 14.0 Å². The van der Waals surface area contributed by atoms with Crippen LogP contribution in [-0.4, -0.2) is 29.3 Å². The van der Waals surface area contributed by atoms with Crippen LogP contribution < -0.4 is 15.6 Å². The Hall–Kier alpha value is -3.48. The molecular formula is C21H20FN3O3. The van der Waals surface area contributed by atoms with Crippen LogP contribution in [0.25, 0.3) is 11.3 Å². The minimum atomic E-state index is -0.438. The first-order valence-corrected chi connectivity index (χ1v) is 8.79. The summed E-state index contributed by atoms with van der Waals surface area (Å²) in [7, 11) is 1.43. The summed E-state index contributed by atoms with van der Waals surface area (Å²) in [6.07, 6.45) is 0.696. The zero-order valence-corrected chi connectivity index (χ0v) is 15.4. The van der Waals surface area contributed by atoms with Crippen LogP contribution in [0.3, 0.4) is 0 Å². The number of hydrogen-bond acceptors (Lipinski definition) is 4. The molecule has 0 aliphatic carbocycles. The van der Waals surface area contributed by atoms with Gasteiger partial charge in [-0.15, -0.1) is 0 Å². The fourth-order valence-electron chi connectivity index (χ4n) is 2.77. The van der Waals surface area contributed by atoms with E-state index >= 15 is 0 Å². The summed E-state index contributed by atoms with van der Waals surface area (Å²) >= 11 is 0. The van der Waals surface area contributed by atoms with Crippen molar-refractivity contribution in [3.05, 3.63) is 82.4 Å². The average molecular weight is 381 g/mol. The molecule has 0 atom stereocenters. The highest BCUT2D eigenvalue weighted by atomic mass is 19.1. The molecule has 1 aromatic heterocycles. The predicted molar refractivity (Wildman–Crippen MR) is 104 cm³/mol. The summed E-state index contributed by atoms with van der Waals surface area (Å²) in [4.78, 5) is 24.3. The van der Waals surface area contributed by atoms with Gasteiger partial charge in [0.05, 0.1) is 12.8 Å². The number of nitrogens with one attached hydrogen (secondary N) is 1. The van der Waals surface area contributed by atoms with E-state index in [1.807, 2.05) is 30.3 Å². The first-order chi connectivity index (χ1) is 13.6. The van der Waals surface area contributed by atoms with Gasteiger partial charge in [0.25, 0.3) is 5.56 Å². The monoisotopic (exact) mass is 381 g/mol. The zero-order chi connectivity index (χ0) is 19.9. The molecule has 1 N–H and O–H groups in total. The molecule has 3 rings (SSSR count). The van der Waals surface area contributed by atoms with E-state index < -0.39 is 11.4 Å². The van der Waals surface area contributed by atoms with Gasteiger partial charge in [-0.2, -0.15) is 5.10 Å². The topological polar surface area (TPSA) is 73.2 Å². The third-order valence-electron chi connectivity index (χ3n) is 4.18. The average Bonchev–Trinajstić information content (AvgIpc) is 2.70. The van der Waals surface area contributed by atoms with Gasteiger partial charge in [-0.1, -0.05) is 30.3 Å². The molecule has 2 aromatic carbocycles. The Bertz CT molecular complexity index is 1020. The lowest BCUT2D eigenvalue weighted by Crippen LogP contribution is -2.34. The second-order valence-corrected chi connectivity index (χ2v) is 6.14. The maximum absolute atomic E-state index is 13.4. The number of amides is 1. The number of aromatic nitrogens is 2. The lowest BCUT2D eigenvalue weighted by Gasteiger charge is -2.11. The van der Waals surface area contributed by atoms with E-state index in [0.717, 1.165) is 10.2 Å². The summed E-state index contributed by atoms with van der Waals surface area (Å²) in [5, 5.41) is 7.01. The molecule has 0 saturated carbocycles. The molecular weight excluding hydrogens is 361 g/mol. The molecule has 0 saturated heterocycles. The Morgan fingerprint density at radius 2 is 1.93 bits per heavy atom. The van der Waals surface area contributed by atoms with Crippen LogP contribution in [0.2, 0.25) is 0 Å². The highest BCUT2D eigenvalue weighted by Crippen LogP contribution is 2.28. The molecule has 0 bridgehead atoms. The first-order valence-electron chi connectivity index (χ1n) is 8.79. The van der Waals surface area contributed by atoms with Crippen molar-refractivity contribution in [2.24, 2.45) is 0 Å². The van der Waals surface area contributed by atoms with Crippen LogP contribution in [0, 0.1) is 5.82 Å². The van der Waals surface area contributed by atoms with Crippen LogP contribution in [0.15, 0.2) is 65.5 Å². The Morgan fingerprint density at radius 3 is 2.68 bits per heavy atom. The number of halogens is 1. The molecule has 1 amide bonds.